The molecule has 0 unspecified atom stereocenters. The summed E-state index contributed by atoms with van der Waals surface area (Å²) < 4.78 is 30.3. The molecule has 25 heavy (non-hydrogen) atoms. The lowest BCUT2D eigenvalue weighted by Crippen LogP contribution is -2.44. The second-order valence-corrected chi connectivity index (χ2v) is 8.55. The third-order valence-electron chi connectivity index (χ3n) is 4.86. The number of hydrogen-bond acceptors (Lipinski definition) is 4. The normalized spacial score (nSPS) is 20.7. The maximum Gasteiger partial charge on any atom is 0.282 e. The summed E-state index contributed by atoms with van der Waals surface area (Å²) in [7, 11) is -3.36. The second-order valence-electron chi connectivity index (χ2n) is 6.62. The monoisotopic (exact) mass is 369 g/mol. The van der Waals surface area contributed by atoms with Crippen LogP contribution in [0.4, 0.5) is 0 Å². The molecule has 140 valence electrons. The zero-order chi connectivity index (χ0) is 17.7. The first-order valence-corrected chi connectivity index (χ1v) is 10.5. The standard InChI is InChI=1S/C16H27N5O3S/c22-16(6-3-9-19-10-4-7-17-19)18-8-5-13-21(15-14-18)25(23,24)20-11-1-2-12-20/h4,7,10H,1-3,5-6,8-9,11-15H2. The van der Waals surface area contributed by atoms with Gasteiger partial charge in [0.25, 0.3) is 10.2 Å². The van der Waals surface area contributed by atoms with E-state index < -0.39 is 10.2 Å². The Morgan fingerprint density at radius 3 is 2.40 bits per heavy atom. The van der Waals surface area contributed by atoms with Gasteiger partial charge < -0.3 is 4.90 Å². The molecule has 2 saturated heterocycles. The fourth-order valence-corrected chi connectivity index (χ4v) is 5.16. The Kier molecular flexibility index (Phi) is 6.08. The van der Waals surface area contributed by atoms with Gasteiger partial charge in [-0.25, -0.2) is 0 Å². The van der Waals surface area contributed by atoms with E-state index >= 15 is 0 Å². The number of hydrogen-bond donors (Lipinski definition) is 0. The van der Waals surface area contributed by atoms with Crippen LogP contribution in [0.1, 0.15) is 32.1 Å². The lowest BCUT2D eigenvalue weighted by Gasteiger charge is -2.26. The van der Waals surface area contributed by atoms with Crippen LogP contribution in [-0.2, 0) is 21.5 Å². The summed E-state index contributed by atoms with van der Waals surface area (Å²) in [6.07, 6.45) is 7.40. The Bertz CT molecular complexity index is 655. The van der Waals surface area contributed by atoms with Crippen molar-refractivity contribution in [3.63, 3.8) is 0 Å². The molecule has 0 saturated carbocycles. The molecule has 2 fully saturated rings. The highest BCUT2D eigenvalue weighted by Gasteiger charge is 2.33. The molecule has 1 aromatic rings. The van der Waals surface area contributed by atoms with E-state index in [0.29, 0.717) is 52.1 Å². The van der Waals surface area contributed by atoms with Crippen molar-refractivity contribution in [2.45, 2.75) is 38.6 Å². The van der Waals surface area contributed by atoms with Crippen molar-refractivity contribution >= 4 is 16.1 Å². The third kappa shape index (κ3) is 4.59. The maximum atomic E-state index is 12.7. The van der Waals surface area contributed by atoms with Crippen LogP contribution in [0, 0.1) is 0 Å². The molecule has 0 bridgehead atoms. The van der Waals surface area contributed by atoms with E-state index in [4.69, 9.17) is 0 Å². The highest BCUT2D eigenvalue weighted by molar-refractivity contribution is 7.86. The first kappa shape index (κ1) is 18.3. The van der Waals surface area contributed by atoms with E-state index in [1.807, 2.05) is 21.8 Å². The van der Waals surface area contributed by atoms with Gasteiger partial charge in [0.1, 0.15) is 0 Å². The molecule has 9 heteroatoms. The Balaban J connectivity index is 1.48. The summed E-state index contributed by atoms with van der Waals surface area (Å²) in [5.74, 6) is 0.104. The number of rotatable bonds is 6. The minimum absolute atomic E-state index is 0.104. The molecule has 8 nitrogen and oxygen atoms in total. The molecule has 2 aliphatic heterocycles. The molecule has 0 atom stereocenters. The van der Waals surface area contributed by atoms with Gasteiger partial charge >= 0.3 is 0 Å². The van der Waals surface area contributed by atoms with Gasteiger partial charge in [0.15, 0.2) is 0 Å². The van der Waals surface area contributed by atoms with Crippen LogP contribution in [0.2, 0.25) is 0 Å². The predicted octanol–water partition coefficient (Wildman–Crippen LogP) is 0.538. The van der Waals surface area contributed by atoms with Gasteiger partial charge in [-0.1, -0.05) is 0 Å². The molecule has 1 aromatic heterocycles. The van der Waals surface area contributed by atoms with Crippen molar-refractivity contribution in [2.75, 3.05) is 39.3 Å². The van der Waals surface area contributed by atoms with Gasteiger partial charge in [-0.05, 0) is 31.7 Å². The first-order chi connectivity index (χ1) is 12.1. The minimum atomic E-state index is -3.36. The molecular weight excluding hydrogens is 342 g/mol. The summed E-state index contributed by atoms with van der Waals surface area (Å²) in [4.78, 5) is 14.2. The highest BCUT2D eigenvalue weighted by atomic mass is 32.2. The highest BCUT2D eigenvalue weighted by Crippen LogP contribution is 2.18. The Hall–Kier alpha value is -1.45. The van der Waals surface area contributed by atoms with Gasteiger partial charge in [-0.15, -0.1) is 0 Å². The zero-order valence-corrected chi connectivity index (χ0v) is 15.4. The van der Waals surface area contributed by atoms with E-state index in [0.717, 1.165) is 25.8 Å². The Morgan fingerprint density at radius 1 is 0.960 bits per heavy atom. The Morgan fingerprint density at radius 2 is 1.68 bits per heavy atom. The van der Waals surface area contributed by atoms with Crippen molar-refractivity contribution in [1.29, 1.82) is 0 Å². The van der Waals surface area contributed by atoms with Crippen LogP contribution in [0.25, 0.3) is 0 Å². The number of carbonyl (C=O) groups excluding carboxylic acids is 1. The van der Waals surface area contributed by atoms with E-state index in [-0.39, 0.29) is 5.91 Å². The van der Waals surface area contributed by atoms with Gasteiger partial charge in [-0.2, -0.15) is 22.1 Å². The third-order valence-corrected chi connectivity index (χ3v) is 6.90. The molecule has 1 amide bonds. The number of amides is 1. The summed E-state index contributed by atoms with van der Waals surface area (Å²) in [6.45, 7) is 3.96. The largest absolute Gasteiger partial charge is 0.341 e. The van der Waals surface area contributed by atoms with Gasteiger partial charge in [0.05, 0.1) is 0 Å². The van der Waals surface area contributed by atoms with Crippen molar-refractivity contribution in [3.05, 3.63) is 18.5 Å². The van der Waals surface area contributed by atoms with E-state index in [9.17, 15) is 13.2 Å². The minimum Gasteiger partial charge on any atom is -0.341 e. The SMILES string of the molecule is O=C(CCCn1cccn1)N1CCCN(S(=O)(=O)N2CCCC2)CC1. The van der Waals surface area contributed by atoms with Gasteiger partial charge in [-0.3, -0.25) is 9.48 Å². The summed E-state index contributed by atoms with van der Waals surface area (Å²) >= 11 is 0. The van der Waals surface area contributed by atoms with E-state index in [2.05, 4.69) is 5.10 Å². The number of aromatic nitrogens is 2. The van der Waals surface area contributed by atoms with Crippen molar-refractivity contribution in [3.8, 4) is 0 Å². The summed E-state index contributed by atoms with van der Waals surface area (Å²) in [6, 6.07) is 1.87. The van der Waals surface area contributed by atoms with Crippen LogP contribution in [0.15, 0.2) is 18.5 Å². The number of nitrogens with zero attached hydrogens (tertiary/aromatic N) is 5. The maximum absolute atomic E-state index is 12.7. The molecular formula is C16H27N5O3S. The first-order valence-electron chi connectivity index (χ1n) is 9.08. The van der Waals surface area contributed by atoms with Gasteiger partial charge in [0, 0.05) is 64.6 Å². The van der Waals surface area contributed by atoms with Crippen LogP contribution in [-0.4, -0.2) is 76.9 Å². The molecule has 2 aliphatic rings. The average Bonchev–Trinajstić information content (AvgIpc) is 3.25. The molecule has 0 spiro atoms. The van der Waals surface area contributed by atoms with Crippen molar-refractivity contribution < 1.29 is 13.2 Å². The molecule has 0 radical (unpaired) electrons. The number of aryl methyl sites for hydroxylation is 1. The lowest BCUT2D eigenvalue weighted by molar-refractivity contribution is -0.131. The second kappa shape index (κ2) is 8.29. The summed E-state index contributed by atoms with van der Waals surface area (Å²) in [5.41, 5.74) is 0. The average molecular weight is 369 g/mol. The fraction of sp³-hybridized carbons (Fsp3) is 0.750. The molecule has 3 rings (SSSR count). The van der Waals surface area contributed by atoms with Gasteiger partial charge in [0.2, 0.25) is 5.91 Å². The van der Waals surface area contributed by atoms with E-state index in [1.54, 1.807) is 14.8 Å². The fourth-order valence-electron chi connectivity index (χ4n) is 3.44. The molecule has 0 aliphatic carbocycles. The summed E-state index contributed by atoms with van der Waals surface area (Å²) in [5, 5.41) is 4.13. The van der Waals surface area contributed by atoms with Crippen LogP contribution in [0.5, 0.6) is 0 Å². The quantitative estimate of drug-likeness (QED) is 0.733. The van der Waals surface area contributed by atoms with E-state index in [1.165, 1.54) is 0 Å². The van der Waals surface area contributed by atoms with Crippen LogP contribution in [0.3, 0.4) is 0 Å². The lowest BCUT2D eigenvalue weighted by atomic mass is 10.2. The molecule has 0 aromatic carbocycles. The topological polar surface area (TPSA) is 78.8 Å². The smallest absolute Gasteiger partial charge is 0.282 e. The zero-order valence-electron chi connectivity index (χ0n) is 14.6. The molecule has 0 N–H and O–H groups in total. The number of carbonyl (C=O) groups is 1. The predicted molar refractivity (Wildman–Crippen MR) is 94.0 cm³/mol. The Labute approximate surface area is 149 Å². The van der Waals surface area contributed by atoms with Crippen molar-refractivity contribution in [1.82, 2.24) is 23.3 Å². The molecule has 3 heterocycles. The van der Waals surface area contributed by atoms with Crippen molar-refractivity contribution in [2.24, 2.45) is 0 Å². The van der Waals surface area contributed by atoms with Crippen LogP contribution < -0.4 is 0 Å². The van der Waals surface area contributed by atoms with Crippen LogP contribution >= 0.6 is 0 Å².